The summed E-state index contributed by atoms with van der Waals surface area (Å²) in [5, 5.41) is 0.177. The van der Waals surface area contributed by atoms with Crippen molar-refractivity contribution in [3.8, 4) is 0 Å². The fourth-order valence-corrected chi connectivity index (χ4v) is 1.54. The van der Waals surface area contributed by atoms with E-state index < -0.39 is 8.32 Å². The molecule has 0 heterocycles. The monoisotopic (exact) mass is 256 g/mol. The number of rotatable bonds is 6. The van der Waals surface area contributed by atoms with E-state index in [0.29, 0.717) is 0 Å². The van der Waals surface area contributed by atoms with E-state index in [9.17, 15) is 4.79 Å². The minimum atomic E-state index is -1.74. The highest BCUT2D eigenvalue weighted by molar-refractivity contribution is 6.74. The molecule has 0 radical (unpaired) electrons. The van der Waals surface area contributed by atoms with E-state index in [2.05, 4.69) is 40.4 Å². The molecule has 0 spiro atoms. The van der Waals surface area contributed by atoms with Gasteiger partial charge < -0.3 is 9.16 Å². The summed E-state index contributed by atoms with van der Waals surface area (Å²) in [6.07, 6.45) is 5.15. The summed E-state index contributed by atoms with van der Waals surface area (Å²) in [7, 11) is -1.74. The molecule has 0 amide bonds. The molecular weight excluding hydrogens is 232 g/mol. The first-order chi connectivity index (χ1) is 7.70. The lowest BCUT2D eigenvalue weighted by atomic mass is 10.2. The molecule has 17 heavy (non-hydrogen) atoms. The lowest BCUT2D eigenvalue weighted by molar-refractivity contribution is -0.141. The highest BCUT2D eigenvalue weighted by atomic mass is 28.4. The van der Waals surface area contributed by atoms with Gasteiger partial charge in [0, 0.05) is 0 Å². The van der Waals surface area contributed by atoms with Gasteiger partial charge in [0.1, 0.15) is 6.61 Å². The van der Waals surface area contributed by atoms with Gasteiger partial charge in [-0.3, -0.25) is 4.79 Å². The van der Waals surface area contributed by atoms with E-state index in [4.69, 9.17) is 9.16 Å². The van der Waals surface area contributed by atoms with Crippen LogP contribution in [-0.2, 0) is 14.0 Å². The molecule has 3 nitrogen and oxygen atoms in total. The Balaban J connectivity index is 3.97. The van der Waals surface area contributed by atoms with E-state index in [-0.39, 0.29) is 24.0 Å². The highest BCUT2D eigenvalue weighted by Crippen LogP contribution is 2.36. The van der Waals surface area contributed by atoms with Crippen molar-refractivity contribution in [2.75, 3.05) is 6.61 Å². The SMILES string of the molecule is C=CCC(=O)OCC=CO[Si](C)(C)C(C)(C)C. The molecule has 0 aromatic heterocycles. The summed E-state index contributed by atoms with van der Waals surface area (Å²) in [4.78, 5) is 11.0. The fourth-order valence-electron chi connectivity index (χ4n) is 0.752. The normalized spacial score (nSPS) is 12.5. The van der Waals surface area contributed by atoms with Crippen molar-refractivity contribution in [1.82, 2.24) is 0 Å². The van der Waals surface area contributed by atoms with Crippen molar-refractivity contribution in [1.29, 1.82) is 0 Å². The Kier molecular flexibility index (Phi) is 6.24. The van der Waals surface area contributed by atoms with Crippen molar-refractivity contribution in [3.63, 3.8) is 0 Å². The zero-order valence-corrected chi connectivity index (χ0v) is 12.6. The average molecular weight is 256 g/mol. The average Bonchev–Trinajstić information content (AvgIpc) is 2.15. The first-order valence-electron chi connectivity index (χ1n) is 5.80. The third-order valence-electron chi connectivity index (χ3n) is 2.92. The smallest absolute Gasteiger partial charge is 0.309 e. The van der Waals surface area contributed by atoms with Crippen LogP contribution in [0.1, 0.15) is 27.2 Å². The standard InChI is InChI=1S/C13H24O3Si/c1-7-9-12(14)15-10-8-11-16-17(5,6)13(2,3)4/h7-8,11H,1,9-10H2,2-6H3. The van der Waals surface area contributed by atoms with Gasteiger partial charge in [-0.15, -0.1) is 6.58 Å². The number of hydrogen-bond acceptors (Lipinski definition) is 3. The molecule has 0 aliphatic heterocycles. The molecular formula is C13H24O3Si. The second-order valence-electron chi connectivity index (χ2n) is 5.43. The third-order valence-corrected chi connectivity index (χ3v) is 7.25. The minimum Gasteiger partial charge on any atom is -0.549 e. The van der Waals surface area contributed by atoms with Gasteiger partial charge in [0.2, 0.25) is 8.32 Å². The second kappa shape index (κ2) is 6.64. The van der Waals surface area contributed by atoms with E-state index in [1.807, 2.05) is 0 Å². The summed E-state index contributed by atoms with van der Waals surface area (Å²) in [5.41, 5.74) is 0. The molecule has 0 aromatic carbocycles. The molecule has 0 saturated carbocycles. The molecule has 0 aliphatic rings. The minimum absolute atomic E-state index is 0.177. The van der Waals surface area contributed by atoms with Gasteiger partial charge >= 0.3 is 5.97 Å². The Bertz CT molecular complexity index is 288. The number of esters is 1. The predicted molar refractivity (Wildman–Crippen MR) is 73.2 cm³/mol. The predicted octanol–water partition coefficient (Wildman–Crippen LogP) is 3.64. The topological polar surface area (TPSA) is 35.5 Å². The first kappa shape index (κ1) is 16.0. The lowest BCUT2D eigenvalue weighted by Crippen LogP contribution is -2.39. The van der Waals surface area contributed by atoms with Crippen LogP contribution in [0.4, 0.5) is 0 Å². The highest BCUT2D eigenvalue weighted by Gasteiger charge is 2.37. The Morgan fingerprint density at radius 2 is 1.94 bits per heavy atom. The molecule has 0 N–H and O–H groups in total. The van der Waals surface area contributed by atoms with Crippen molar-refractivity contribution < 1.29 is 14.0 Å². The molecule has 0 rings (SSSR count). The Hall–Kier alpha value is -1.03. The van der Waals surface area contributed by atoms with Crippen LogP contribution in [0.3, 0.4) is 0 Å². The van der Waals surface area contributed by atoms with Gasteiger partial charge in [0.25, 0.3) is 0 Å². The van der Waals surface area contributed by atoms with Gasteiger partial charge in [-0.25, -0.2) is 0 Å². The number of carbonyl (C=O) groups is 1. The van der Waals surface area contributed by atoms with Gasteiger partial charge in [0.05, 0.1) is 12.7 Å². The van der Waals surface area contributed by atoms with Crippen molar-refractivity contribution >= 4 is 14.3 Å². The fraction of sp³-hybridized carbons (Fsp3) is 0.615. The van der Waals surface area contributed by atoms with Gasteiger partial charge in [-0.05, 0) is 24.2 Å². The molecule has 4 heteroatoms. The van der Waals surface area contributed by atoms with Crippen molar-refractivity contribution in [2.24, 2.45) is 0 Å². The summed E-state index contributed by atoms with van der Waals surface area (Å²) < 4.78 is 10.7. The Labute approximate surface area is 106 Å². The van der Waals surface area contributed by atoms with E-state index in [1.165, 1.54) is 6.08 Å². The summed E-state index contributed by atoms with van der Waals surface area (Å²) in [6.45, 7) is 14.6. The maximum Gasteiger partial charge on any atom is 0.309 e. The number of ether oxygens (including phenoxy) is 1. The number of carbonyl (C=O) groups excluding carboxylic acids is 1. The van der Waals surface area contributed by atoms with Crippen LogP contribution in [0.15, 0.2) is 25.0 Å². The first-order valence-corrected chi connectivity index (χ1v) is 8.71. The zero-order chi connectivity index (χ0) is 13.5. The zero-order valence-electron chi connectivity index (χ0n) is 11.6. The van der Waals surface area contributed by atoms with Crippen LogP contribution < -0.4 is 0 Å². The molecule has 0 bridgehead atoms. The summed E-state index contributed by atoms with van der Waals surface area (Å²) >= 11 is 0. The van der Waals surface area contributed by atoms with Crippen LogP contribution in [0.25, 0.3) is 0 Å². The van der Waals surface area contributed by atoms with Crippen LogP contribution in [0.5, 0.6) is 0 Å². The van der Waals surface area contributed by atoms with Gasteiger partial charge in [-0.2, -0.15) is 0 Å². The molecule has 0 atom stereocenters. The van der Waals surface area contributed by atoms with Crippen molar-refractivity contribution in [3.05, 3.63) is 25.0 Å². The Morgan fingerprint density at radius 3 is 2.41 bits per heavy atom. The quantitative estimate of drug-likeness (QED) is 0.315. The van der Waals surface area contributed by atoms with E-state index >= 15 is 0 Å². The van der Waals surface area contributed by atoms with E-state index in [1.54, 1.807) is 12.3 Å². The van der Waals surface area contributed by atoms with Crippen molar-refractivity contribution in [2.45, 2.75) is 45.3 Å². The van der Waals surface area contributed by atoms with E-state index in [0.717, 1.165) is 0 Å². The maximum absolute atomic E-state index is 11.0. The third kappa shape index (κ3) is 6.31. The molecule has 98 valence electrons. The molecule has 0 aliphatic carbocycles. The van der Waals surface area contributed by atoms with Crippen LogP contribution in [0.2, 0.25) is 18.1 Å². The molecule has 0 fully saturated rings. The molecule has 0 unspecified atom stereocenters. The molecule has 0 saturated heterocycles. The largest absolute Gasteiger partial charge is 0.549 e. The Morgan fingerprint density at radius 1 is 1.35 bits per heavy atom. The van der Waals surface area contributed by atoms with Gasteiger partial charge in [-0.1, -0.05) is 26.8 Å². The molecule has 0 aromatic rings. The van der Waals surface area contributed by atoms with Crippen LogP contribution in [0, 0.1) is 0 Å². The van der Waals surface area contributed by atoms with Crippen LogP contribution >= 0.6 is 0 Å². The maximum atomic E-state index is 11.0. The lowest BCUT2D eigenvalue weighted by Gasteiger charge is -2.34. The number of hydrogen-bond donors (Lipinski definition) is 0. The van der Waals surface area contributed by atoms with Gasteiger partial charge in [0.15, 0.2) is 0 Å². The van der Waals surface area contributed by atoms with Crippen LogP contribution in [-0.4, -0.2) is 20.9 Å². The summed E-state index contributed by atoms with van der Waals surface area (Å²) in [5.74, 6) is -0.267. The summed E-state index contributed by atoms with van der Waals surface area (Å²) in [6, 6.07) is 0. The second-order valence-corrected chi connectivity index (χ2v) is 10.2.